The fraction of sp³-hybridized carbons (Fsp3) is 0.316. The number of carbonyl (C=O) groups excluding carboxylic acids is 1. The maximum Gasteiger partial charge on any atom is 0.416 e. The number of cyclic esters (lactones) is 1. The Morgan fingerprint density at radius 2 is 1.81 bits per heavy atom. The number of rotatable bonds is 3. The van der Waals surface area contributed by atoms with E-state index in [-0.39, 0.29) is 5.56 Å². The Labute approximate surface area is 149 Å². The molecule has 1 heterocycles. The van der Waals surface area contributed by atoms with Crippen LogP contribution in [0.25, 0.3) is 11.1 Å². The van der Waals surface area contributed by atoms with Crippen LogP contribution in [-0.4, -0.2) is 31.3 Å². The third-order valence-electron chi connectivity index (χ3n) is 4.73. The Bertz CT molecular complexity index is 823. The molecule has 2 aromatic carbocycles. The summed E-state index contributed by atoms with van der Waals surface area (Å²) in [6, 6.07) is 12.4. The van der Waals surface area contributed by atoms with Gasteiger partial charge in [-0.15, -0.1) is 0 Å². The van der Waals surface area contributed by atoms with Crippen molar-refractivity contribution in [2.45, 2.75) is 24.9 Å². The minimum absolute atomic E-state index is 0.224. The van der Waals surface area contributed by atoms with E-state index in [2.05, 4.69) is 0 Å². The fourth-order valence-electron chi connectivity index (χ4n) is 3.42. The third-order valence-corrected chi connectivity index (χ3v) is 4.73. The number of ether oxygens (including phenoxy) is 2. The van der Waals surface area contributed by atoms with E-state index < -0.39 is 29.7 Å². The molecule has 0 bridgehead atoms. The predicted molar refractivity (Wildman–Crippen MR) is 89.3 cm³/mol. The van der Waals surface area contributed by atoms with Crippen LogP contribution in [0.4, 0.5) is 18.0 Å². The molecule has 2 aromatic rings. The smallest absolute Gasteiger partial charge is 0.416 e. The van der Waals surface area contributed by atoms with E-state index in [1.807, 2.05) is 6.07 Å². The standard InChI is InChI=1S/C19H18F3NO3/c1-12-18(25-3,23(2)17(24)26-12)16-11-14(19(20,21)22)9-10-15(16)13-7-5-4-6-8-13/h4-12H,1-3H3. The average Bonchev–Trinajstić information content (AvgIpc) is 2.84. The summed E-state index contributed by atoms with van der Waals surface area (Å²) in [4.78, 5) is 13.3. The van der Waals surface area contributed by atoms with Gasteiger partial charge in [0.15, 0.2) is 6.10 Å². The van der Waals surface area contributed by atoms with Crippen LogP contribution in [0.1, 0.15) is 18.1 Å². The molecule has 1 amide bonds. The molecule has 2 unspecified atom stereocenters. The topological polar surface area (TPSA) is 38.8 Å². The summed E-state index contributed by atoms with van der Waals surface area (Å²) in [5.41, 5.74) is -0.806. The summed E-state index contributed by atoms with van der Waals surface area (Å²) in [7, 11) is 2.80. The molecule has 0 saturated carbocycles. The van der Waals surface area contributed by atoms with Gasteiger partial charge in [0.25, 0.3) is 0 Å². The van der Waals surface area contributed by atoms with Crippen LogP contribution in [0.3, 0.4) is 0 Å². The zero-order valence-electron chi connectivity index (χ0n) is 14.5. The van der Waals surface area contributed by atoms with Crippen molar-refractivity contribution in [1.29, 1.82) is 0 Å². The van der Waals surface area contributed by atoms with Crippen molar-refractivity contribution in [3.05, 3.63) is 59.7 Å². The van der Waals surface area contributed by atoms with Crippen LogP contribution in [-0.2, 0) is 21.4 Å². The zero-order chi connectivity index (χ0) is 19.1. The molecule has 1 aliphatic heterocycles. The number of hydrogen-bond acceptors (Lipinski definition) is 3. The maximum absolute atomic E-state index is 13.3. The van der Waals surface area contributed by atoms with Crippen LogP contribution >= 0.6 is 0 Å². The highest BCUT2D eigenvalue weighted by Gasteiger charge is 2.54. The lowest BCUT2D eigenvalue weighted by Crippen LogP contribution is -2.47. The molecule has 2 atom stereocenters. The van der Waals surface area contributed by atoms with Gasteiger partial charge in [-0.25, -0.2) is 4.79 Å². The number of nitrogens with zero attached hydrogens (tertiary/aromatic N) is 1. The highest BCUT2D eigenvalue weighted by molar-refractivity contribution is 5.75. The normalized spacial score (nSPS) is 23.2. The second-order valence-corrected chi connectivity index (χ2v) is 6.11. The summed E-state index contributed by atoms with van der Waals surface area (Å²) in [5.74, 6) is 0. The second kappa shape index (κ2) is 6.32. The predicted octanol–water partition coefficient (Wildman–Crippen LogP) is 4.64. The van der Waals surface area contributed by atoms with Gasteiger partial charge in [0.05, 0.1) is 5.56 Å². The van der Waals surface area contributed by atoms with Gasteiger partial charge in [0, 0.05) is 19.7 Å². The second-order valence-electron chi connectivity index (χ2n) is 6.11. The molecule has 0 radical (unpaired) electrons. The van der Waals surface area contributed by atoms with Crippen LogP contribution in [0.2, 0.25) is 0 Å². The molecule has 4 nitrogen and oxygen atoms in total. The molecule has 138 valence electrons. The van der Waals surface area contributed by atoms with Crippen LogP contribution in [0.15, 0.2) is 48.5 Å². The Balaban J connectivity index is 2.31. The number of carbonyl (C=O) groups is 1. The summed E-state index contributed by atoms with van der Waals surface area (Å²) in [6.07, 6.45) is -5.98. The molecule has 0 aliphatic carbocycles. The Morgan fingerprint density at radius 1 is 1.15 bits per heavy atom. The molecule has 0 N–H and O–H groups in total. The molecule has 26 heavy (non-hydrogen) atoms. The van der Waals surface area contributed by atoms with Gasteiger partial charge in [-0.1, -0.05) is 36.4 Å². The maximum atomic E-state index is 13.3. The quantitative estimate of drug-likeness (QED) is 0.795. The fourth-order valence-corrected chi connectivity index (χ4v) is 3.42. The number of benzene rings is 2. The van der Waals surface area contributed by atoms with Crippen molar-refractivity contribution in [3.8, 4) is 11.1 Å². The number of halogens is 3. The molecular formula is C19H18F3NO3. The number of hydrogen-bond donors (Lipinski definition) is 0. The van der Waals surface area contributed by atoms with Crippen molar-refractivity contribution in [3.63, 3.8) is 0 Å². The first-order valence-corrected chi connectivity index (χ1v) is 7.98. The van der Waals surface area contributed by atoms with E-state index in [4.69, 9.17) is 9.47 Å². The lowest BCUT2D eigenvalue weighted by molar-refractivity contribution is -0.139. The van der Waals surface area contributed by atoms with Gasteiger partial charge in [-0.3, -0.25) is 4.90 Å². The van der Waals surface area contributed by atoms with E-state index in [9.17, 15) is 18.0 Å². The summed E-state index contributed by atoms with van der Waals surface area (Å²) >= 11 is 0. The van der Waals surface area contributed by atoms with E-state index in [1.54, 1.807) is 31.2 Å². The SMILES string of the molecule is COC1(c2cc(C(F)(F)F)ccc2-c2ccccc2)C(C)OC(=O)N1C. The first-order valence-electron chi connectivity index (χ1n) is 7.98. The van der Waals surface area contributed by atoms with Crippen LogP contribution < -0.4 is 0 Å². The van der Waals surface area contributed by atoms with E-state index in [1.165, 1.54) is 25.1 Å². The van der Waals surface area contributed by atoms with Gasteiger partial charge in [0.1, 0.15) is 0 Å². The summed E-state index contributed by atoms with van der Waals surface area (Å²) < 4.78 is 50.9. The van der Waals surface area contributed by atoms with Crippen molar-refractivity contribution in [2.24, 2.45) is 0 Å². The first-order chi connectivity index (χ1) is 12.2. The van der Waals surface area contributed by atoms with Gasteiger partial charge in [0.2, 0.25) is 5.72 Å². The van der Waals surface area contributed by atoms with Crippen molar-refractivity contribution in [1.82, 2.24) is 4.90 Å². The molecule has 0 aromatic heterocycles. The van der Waals surface area contributed by atoms with Crippen molar-refractivity contribution in [2.75, 3.05) is 14.2 Å². The minimum Gasteiger partial charge on any atom is -0.441 e. The van der Waals surface area contributed by atoms with Gasteiger partial charge < -0.3 is 9.47 Å². The lowest BCUT2D eigenvalue weighted by Gasteiger charge is -2.37. The molecule has 7 heteroatoms. The first kappa shape index (κ1) is 18.3. The number of amides is 1. The van der Waals surface area contributed by atoms with Gasteiger partial charge in [-0.05, 0) is 30.2 Å². The molecule has 0 spiro atoms. The van der Waals surface area contributed by atoms with Crippen LogP contribution in [0.5, 0.6) is 0 Å². The molecule has 1 saturated heterocycles. The summed E-state index contributed by atoms with van der Waals surface area (Å²) in [5, 5.41) is 0. The van der Waals surface area contributed by atoms with E-state index in [0.717, 1.165) is 12.1 Å². The third kappa shape index (κ3) is 2.72. The molecule has 1 fully saturated rings. The van der Waals surface area contributed by atoms with Crippen LogP contribution in [0, 0.1) is 0 Å². The average molecular weight is 365 g/mol. The highest BCUT2D eigenvalue weighted by atomic mass is 19.4. The molecular weight excluding hydrogens is 347 g/mol. The minimum atomic E-state index is -4.52. The Kier molecular flexibility index (Phi) is 4.44. The molecule has 1 aliphatic rings. The monoisotopic (exact) mass is 365 g/mol. The number of likely N-dealkylation sites (N-methyl/N-ethyl adjacent to an activating group) is 1. The van der Waals surface area contributed by atoms with E-state index in [0.29, 0.717) is 11.1 Å². The van der Waals surface area contributed by atoms with Gasteiger partial charge >= 0.3 is 12.3 Å². The Morgan fingerprint density at radius 3 is 2.31 bits per heavy atom. The van der Waals surface area contributed by atoms with Gasteiger partial charge in [-0.2, -0.15) is 13.2 Å². The van der Waals surface area contributed by atoms with E-state index >= 15 is 0 Å². The van der Waals surface area contributed by atoms with Crippen molar-refractivity contribution < 1.29 is 27.4 Å². The molecule has 3 rings (SSSR count). The zero-order valence-corrected chi connectivity index (χ0v) is 14.5. The largest absolute Gasteiger partial charge is 0.441 e. The highest BCUT2D eigenvalue weighted by Crippen LogP contribution is 2.45. The lowest BCUT2D eigenvalue weighted by atomic mass is 9.87. The Hall–Kier alpha value is -2.54. The number of methoxy groups -OCH3 is 1. The number of alkyl halides is 3. The van der Waals surface area contributed by atoms with Crippen molar-refractivity contribution >= 4 is 6.09 Å². The summed E-state index contributed by atoms with van der Waals surface area (Å²) in [6.45, 7) is 1.60.